The zero-order valence-electron chi connectivity index (χ0n) is 31.6. The normalized spacial score (nSPS) is 13.5. The van der Waals surface area contributed by atoms with Crippen LogP contribution in [0.4, 0.5) is 17.1 Å². The Morgan fingerprint density at radius 2 is 0.847 bits per heavy atom. The topological polar surface area (TPSA) is 63.2 Å². The molecule has 2 aromatic heterocycles. The highest BCUT2D eigenvalue weighted by Gasteiger charge is 2.37. The molecule has 3 heterocycles. The number of rotatable bonds is 8. The van der Waals surface area contributed by atoms with Crippen LogP contribution >= 0.6 is 29.6 Å². The molecule has 0 radical (unpaired) electrons. The van der Waals surface area contributed by atoms with Crippen LogP contribution in [0, 0.1) is 0 Å². The number of nitrogens with zero attached hydrogens (tertiary/aromatic N) is 3. The van der Waals surface area contributed by atoms with Gasteiger partial charge in [0, 0.05) is 37.1 Å². The number of fused-ring (bicyclic) bond motifs is 2. The summed E-state index contributed by atoms with van der Waals surface area (Å²) >= 11 is 3.05. The van der Waals surface area contributed by atoms with Gasteiger partial charge in [0.2, 0.25) is 0 Å². The number of benzene rings is 7. The zero-order chi connectivity index (χ0) is 39.8. The SMILES string of the molecule is O=c1nc(C2=CC(c3ccc(N(c4ccccc4)c4ccccc4)cc3)=CC(c3nc(=O)c4ccccc4s3)=P2(c2ccccc2)c2ccccc2)sc2ccccc12. The molecule has 0 saturated carbocycles. The second-order valence-corrected chi connectivity index (χ2v) is 19.4. The van der Waals surface area contributed by atoms with Crippen LogP contribution in [0.1, 0.15) is 15.6 Å². The summed E-state index contributed by atoms with van der Waals surface area (Å²) < 4.78 is 1.72. The number of aromatic nitrogens is 2. The molecule has 9 aromatic rings. The molecule has 1 aliphatic heterocycles. The molecular formula is C51H34N3O2PS2. The fraction of sp³-hybridized carbons (Fsp3) is 0. The van der Waals surface area contributed by atoms with E-state index in [1.165, 1.54) is 22.7 Å². The third-order valence-electron chi connectivity index (χ3n) is 10.6. The van der Waals surface area contributed by atoms with Crippen LogP contribution in [-0.4, -0.2) is 15.3 Å². The summed E-state index contributed by atoms with van der Waals surface area (Å²) in [6.45, 7) is -2.91. The number of allylic oxidation sites excluding steroid dienone is 3. The van der Waals surface area contributed by atoms with Gasteiger partial charge in [0.05, 0.1) is 10.8 Å². The van der Waals surface area contributed by atoms with Crippen molar-refractivity contribution in [3.63, 3.8) is 0 Å². The Balaban J connectivity index is 1.30. The molecule has 0 aliphatic carbocycles. The van der Waals surface area contributed by atoms with E-state index in [2.05, 4.69) is 138 Å². The van der Waals surface area contributed by atoms with Crippen molar-refractivity contribution in [3.05, 3.63) is 243 Å². The van der Waals surface area contributed by atoms with Gasteiger partial charge < -0.3 is 4.90 Å². The first kappa shape index (κ1) is 36.6. The Bertz CT molecular complexity index is 3170. The molecular weight excluding hydrogens is 782 g/mol. The Morgan fingerprint density at radius 3 is 1.37 bits per heavy atom. The molecule has 0 spiro atoms. The number of anilines is 3. The minimum absolute atomic E-state index is 0.271. The summed E-state index contributed by atoms with van der Waals surface area (Å²) in [5.41, 5.74) is 4.48. The molecule has 7 aromatic carbocycles. The van der Waals surface area contributed by atoms with Gasteiger partial charge in [0.1, 0.15) is 10.0 Å². The summed E-state index contributed by atoms with van der Waals surface area (Å²) in [7, 11) is 0. The molecule has 1 aliphatic rings. The molecule has 0 N–H and O–H groups in total. The van der Waals surface area contributed by atoms with Gasteiger partial charge in [-0.1, -0.05) is 133 Å². The Morgan fingerprint density at radius 1 is 0.424 bits per heavy atom. The van der Waals surface area contributed by atoms with Crippen molar-refractivity contribution in [1.82, 2.24) is 9.97 Å². The van der Waals surface area contributed by atoms with Gasteiger partial charge in [-0.25, -0.2) is 0 Å². The first-order valence-corrected chi connectivity index (χ1v) is 22.6. The molecule has 59 heavy (non-hydrogen) atoms. The van der Waals surface area contributed by atoms with Gasteiger partial charge in [0.25, 0.3) is 11.1 Å². The predicted octanol–water partition coefficient (Wildman–Crippen LogP) is 11.4. The van der Waals surface area contributed by atoms with Crippen LogP contribution < -0.4 is 26.6 Å². The Labute approximate surface area is 349 Å². The molecule has 8 heteroatoms. The zero-order valence-corrected chi connectivity index (χ0v) is 34.1. The third kappa shape index (κ3) is 6.60. The molecule has 0 bridgehead atoms. The predicted molar refractivity (Wildman–Crippen MR) is 252 cm³/mol. The fourth-order valence-corrected chi connectivity index (χ4v) is 15.1. The lowest BCUT2D eigenvalue weighted by molar-refractivity contribution is 1.28. The second-order valence-electron chi connectivity index (χ2n) is 14.1. The van der Waals surface area contributed by atoms with Crippen LogP contribution in [0.25, 0.3) is 31.1 Å². The lowest BCUT2D eigenvalue weighted by Crippen LogP contribution is -2.27. The maximum atomic E-state index is 14.0. The van der Waals surface area contributed by atoms with Crippen molar-refractivity contribution >= 4 is 93.6 Å². The van der Waals surface area contributed by atoms with Crippen LogP contribution in [0.2, 0.25) is 0 Å². The lowest BCUT2D eigenvalue weighted by Gasteiger charge is -2.35. The highest BCUT2D eigenvalue weighted by molar-refractivity contribution is 7.98. The van der Waals surface area contributed by atoms with Gasteiger partial charge in [-0.2, -0.15) is 9.97 Å². The molecule has 0 fully saturated rings. The third-order valence-corrected chi connectivity index (χ3v) is 17.3. The van der Waals surface area contributed by atoms with E-state index in [4.69, 9.17) is 9.97 Å². The number of hydrogen-bond acceptors (Lipinski definition) is 7. The van der Waals surface area contributed by atoms with Crippen molar-refractivity contribution in [3.8, 4) is 0 Å². The van der Waals surface area contributed by atoms with E-state index in [1.807, 2.05) is 72.8 Å². The summed E-state index contributed by atoms with van der Waals surface area (Å²) in [4.78, 5) is 40.0. The summed E-state index contributed by atoms with van der Waals surface area (Å²) in [5.74, 6) is 0. The van der Waals surface area contributed by atoms with Gasteiger partial charge in [-0.3, -0.25) is 9.59 Å². The van der Waals surface area contributed by atoms with E-state index in [1.54, 1.807) is 0 Å². The smallest absolute Gasteiger partial charge is 0.279 e. The van der Waals surface area contributed by atoms with E-state index in [0.717, 1.165) is 58.8 Å². The quantitative estimate of drug-likeness (QED) is 0.143. The van der Waals surface area contributed by atoms with Crippen molar-refractivity contribution < 1.29 is 0 Å². The maximum Gasteiger partial charge on any atom is 0.279 e. The molecule has 0 amide bonds. The van der Waals surface area contributed by atoms with E-state index < -0.39 is 6.89 Å². The van der Waals surface area contributed by atoms with Crippen molar-refractivity contribution in [2.45, 2.75) is 0 Å². The first-order valence-electron chi connectivity index (χ1n) is 19.2. The minimum atomic E-state index is -2.91. The highest BCUT2D eigenvalue weighted by atomic mass is 32.1. The molecule has 0 saturated heterocycles. The molecule has 282 valence electrons. The summed E-state index contributed by atoms with van der Waals surface area (Å²) in [6, 6.07) is 65.6. The molecule has 10 rings (SSSR count). The lowest BCUT2D eigenvalue weighted by atomic mass is 10.0. The van der Waals surface area contributed by atoms with E-state index in [0.29, 0.717) is 20.8 Å². The number of para-hydroxylation sites is 2. The van der Waals surface area contributed by atoms with Crippen LogP contribution in [0.3, 0.4) is 0 Å². The molecule has 0 atom stereocenters. The van der Waals surface area contributed by atoms with Crippen molar-refractivity contribution in [1.29, 1.82) is 0 Å². The molecule has 0 unspecified atom stereocenters. The number of hydrogen-bond donors (Lipinski definition) is 0. The fourth-order valence-electron chi connectivity index (χ4n) is 7.89. The van der Waals surface area contributed by atoms with Crippen LogP contribution in [0.15, 0.2) is 216 Å². The Hall–Kier alpha value is -6.76. The standard InChI is InChI=1S/C51H34N3O2PS2/c55-48-42-25-13-15-27-46(42)58-50(52-48)44-33-36(35-29-31-39(32-30-35)54(37-17-5-1-6-18-37)38-19-7-2-8-20-38)34-45(51-53-49(56)43-26-14-16-28-47(43)59-51)57(44,40-21-9-3-10-22-40)41-23-11-4-12-24-41/h1-34H. The maximum absolute atomic E-state index is 14.0. The van der Waals surface area contributed by atoms with E-state index in [-0.39, 0.29) is 11.1 Å². The van der Waals surface area contributed by atoms with Crippen LogP contribution in [-0.2, 0) is 0 Å². The Kier molecular flexibility index (Phi) is 9.63. The van der Waals surface area contributed by atoms with Crippen molar-refractivity contribution in [2.75, 3.05) is 4.90 Å². The highest BCUT2D eigenvalue weighted by Crippen LogP contribution is 2.63. The van der Waals surface area contributed by atoms with Crippen LogP contribution in [0.5, 0.6) is 0 Å². The summed E-state index contributed by atoms with van der Waals surface area (Å²) in [6.07, 6.45) is 4.46. The van der Waals surface area contributed by atoms with Gasteiger partial charge >= 0.3 is 0 Å². The monoisotopic (exact) mass is 815 g/mol. The largest absolute Gasteiger partial charge is 0.311 e. The minimum Gasteiger partial charge on any atom is -0.311 e. The van der Waals surface area contributed by atoms with E-state index >= 15 is 0 Å². The van der Waals surface area contributed by atoms with Gasteiger partial charge in [0.15, 0.2) is 0 Å². The van der Waals surface area contributed by atoms with E-state index in [9.17, 15) is 9.59 Å². The van der Waals surface area contributed by atoms with Crippen molar-refractivity contribution in [2.24, 2.45) is 0 Å². The summed E-state index contributed by atoms with van der Waals surface area (Å²) in [5, 5.41) is 6.48. The average molecular weight is 816 g/mol. The first-order chi connectivity index (χ1) is 29.1. The molecule has 5 nitrogen and oxygen atoms in total. The van der Waals surface area contributed by atoms with Gasteiger partial charge in [-0.15, -0.1) is 22.7 Å². The second kappa shape index (κ2) is 15.5. The van der Waals surface area contributed by atoms with Gasteiger partial charge in [-0.05, 0) is 101 Å². The average Bonchev–Trinajstić information content (AvgIpc) is 3.30.